The largest absolute Gasteiger partial charge is 0.497 e. The number of hydrogen-bond acceptors (Lipinski definition) is 6. The van der Waals surface area contributed by atoms with Crippen molar-refractivity contribution in [3.8, 4) is 17.2 Å². The number of benzene rings is 2. The molecular weight excluding hydrogens is 412 g/mol. The number of thiazole rings is 1. The molecule has 0 aliphatic heterocycles. The Morgan fingerprint density at radius 2 is 1.87 bits per heavy atom. The topological polar surface area (TPSA) is 60.9 Å². The average molecular weight is 441 g/mol. The van der Waals surface area contributed by atoms with Gasteiger partial charge in [0.15, 0.2) is 11.5 Å². The van der Waals surface area contributed by atoms with E-state index in [0.717, 1.165) is 17.1 Å². The third-order valence-corrected chi connectivity index (χ3v) is 5.92. The second kappa shape index (κ2) is 10.8. The van der Waals surface area contributed by atoms with Crippen LogP contribution in [0.15, 0.2) is 53.9 Å². The zero-order valence-corrected chi connectivity index (χ0v) is 19.1. The summed E-state index contributed by atoms with van der Waals surface area (Å²) in [5.74, 6) is 2.00. The van der Waals surface area contributed by atoms with E-state index < -0.39 is 0 Å². The number of aromatic nitrogens is 1. The minimum absolute atomic E-state index is 0.0342. The van der Waals surface area contributed by atoms with E-state index in [1.807, 2.05) is 52.7 Å². The van der Waals surface area contributed by atoms with Crippen molar-refractivity contribution in [1.82, 2.24) is 9.88 Å². The summed E-state index contributed by atoms with van der Waals surface area (Å²) in [6, 6.07) is 14.8. The molecule has 1 atom stereocenters. The van der Waals surface area contributed by atoms with Crippen molar-refractivity contribution >= 4 is 17.2 Å². The standard InChI is InChI=1S/C24H28N2O4S/c1-5-17(2)26(24(27)18-9-8-10-20(13-18)28-3)14-19-16-31-23(25-19)15-30-22-12-7-6-11-21(22)29-4/h6-13,16-17H,5,14-15H2,1-4H3/t17-/m0/s1. The Morgan fingerprint density at radius 1 is 1.10 bits per heavy atom. The smallest absolute Gasteiger partial charge is 0.254 e. The van der Waals surface area contributed by atoms with Crippen molar-refractivity contribution in [2.45, 2.75) is 39.5 Å². The van der Waals surface area contributed by atoms with Gasteiger partial charge in [0.05, 0.1) is 26.5 Å². The summed E-state index contributed by atoms with van der Waals surface area (Å²) in [4.78, 5) is 19.8. The number of rotatable bonds is 10. The van der Waals surface area contributed by atoms with E-state index in [4.69, 9.17) is 14.2 Å². The van der Waals surface area contributed by atoms with Crippen molar-refractivity contribution in [2.75, 3.05) is 14.2 Å². The molecule has 0 N–H and O–H groups in total. The monoisotopic (exact) mass is 440 g/mol. The molecular formula is C24H28N2O4S. The molecule has 3 aromatic rings. The van der Waals surface area contributed by atoms with Gasteiger partial charge in [-0.15, -0.1) is 11.3 Å². The van der Waals surface area contributed by atoms with E-state index in [0.29, 0.717) is 36.0 Å². The van der Waals surface area contributed by atoms with Crippen LogP contribution in [0.4, 0.5) is 0 Å². The third-order valence-electron chi connectivity index (χ3n) is 5.05. The van der Waals surface area contributed by atoms with Gasteiger partial charge in [-0.1, -0.05) is 25.1 Å². The third kappa shape index (κ3) is 5.76. The summed E-state index contributed by atoms with van der Waals surface area (Å²) < 4.78 is 16.5. The van der Waals surface area contributed by atoms with Crippen LogP contribution in [0.1, 0.15) is 41.3 Å². The van der Waals surface area contributed by atoms with E-state index >= 15 is 0 Å². The zero-order chi connectivity index (χ0) is 22.2. The lowest BCUT2D eigenvalue weighted by Crippen LogP contribution is -2.37. The van der Waals surface area contributed by atoms with Gasteiger partial charge in [-0.3, -0.25) is 4.79 Å². The molecule has 7 heteroatoms. The van der Waals surface area contributed by atoms with Gasteiger partial charge in [-0.25, -0.2) is 4.98 Å². The fraction of sp³-hybridized carbons (Fsp3) is 0.333. The fourth-order valence-electron chi connectivity index (χ4n) is 3.11. The van der Waals surface area contributed by atoms with E-state index in [9.17, 15) is 4.79 Å². The summed E-state index contributed by atoms with van der Waals surface area (Å²) >= 11 is 1.52. The molecule has 31 heavy (non-hydrogen) atoms. The molecule has 0 bridgehead atoms. The molecule has 1 aromatic heterocycles. The number of hydrogen-bond donors (Lipinski definition) is 0. The second-order valence-corrected chi connectivity index (χ2v) is 8.04. The number of para-hydroxylation sites is 2. The first-order valence-electron chi connectivity index (χ1n) is 10.2. The minimum Gasteiger partial charge on any atom is -0.497 e. The van der Waals surface area contributed by atoms with Crippen LogP contribution >= 0.6 is 11.3 Å². The molecule has 0 radical (unpaired) electrons. The van der Waals surface area contributed by atoms with Crippen LogP contribution in [0.5, 0.6) is 17.2 Å². The van der Waals surface area contributed by atoms with Gasteiger partial charge in [0.1, 0.15) is 17.4 Å². The highest BCUT2D eigenvalue weighted by Gasteiger charge is 2.22. The van der Waals surface area contributed by atoms with Gasteiger partial charge in [0.25, 0.3) is 5.91 Å². The molecule has 2 aromatic carbocycles. The number of amides is 1. The highest BCUT2D eigenvalue weighted by Crippen LogP contribution is 2.27. The van der Waals surface area contributed by atoms with Crippen molar-refractivity contribution < 1.29 is 19.0 Å². The molecule has 6 nitrogen and oxygen atoms in total. The van der Waals surface area contributed by atoms with Gasteiger partial charge in [0, 0.05) is 17.0 Å². The van der Waals surface area contributed by atoms with Crippen LogP contribution in [0.2, 0.25) is 0 Å². The lowest BCUT2D eigenvalue weighted by molar-refractivity contribution is 0.0668. The van der Waals surface area contributed by atoms with Gasteiger partial charge >= 0.3 is 0 Å². The minimum atomic E-state index is -0.0342. The molecule has 0 aliphatic rings. The Bertz CT molecular complexity index is 1000. The summed E-state index contributed by atoms with van der Waals surface area (Å²) in [5, 5.41) is 2.83. The van der Waals surface area contributed by atoms with E-state index in [1.54, 1.807) is 20.3 Å². The van der Waals surface area contributed by atoms with E-state index in [-0.39, 0.29) is 11.9 Å². The van der Waals surface area contributed by atoms with Crippen LogP contribution in [0.3, 0.4) is 0 Å². The Balaban J connectivity index is 1.71. The number of ether oxygens (including phenoxy) is 3. The van der Waals surface area contributed by atoms with Crippen LogP contribution in [-0.2, 0) is 13.2 Å². The molecule has 1 amide bonds. The molecule has 0 spiro atoms. The van der Waals surface area contributed by atoms with Gasteiger partial charge in [0.2, 0.25) is 0 Å². The average Bonchev–Trinajstić information content (AvgIpc) is 3.27. The summed E-state index contributed by atoms with van der Waals surface area (Å²) in [5.41, 5.74) is 1.45. The Kier molecular flexibility index (Phi) is 7.89. The highest BCUT2D eigenvalue weighted by atomic mass is 32.1. The number of methoxy groups -OCH3 is 2. The lowest BCUT2D eigenvalue weighted by atomic mass is 10.1. The zero-order valence-electron chi connectivity index (χ0n) is 18.3. The van der Waals surface area contributed by atoms with Gasteiger partial charge in [-0.05, 0) is 43.7 Å². The SMILES string of the molecule is CC[C@H](C)N(Cc1csc(COc2ccccc2OC)n1)C(=O)c1cccc(OC)c1. The van der Waals surface area contributed by atoms with Gasteiger partial charge < -0.3 is 19.1 Å². The van der Waals surface area contributed by atoms with Crippen LogP contribution in [0, 0.1) is 0 Å². The van der Waals surface area contributed by atoms with Crippen molar-refractivity contribution in [2.24, 2.45) is 0 Å². The summed E-state index contributed by atoms with van der Waals surface area (Å²) in [6.07, 6.45) is 0.851. The molecule has 164 valence electrons. The number of carbonyl (C=O) groups excluding carboxylic acids is 1. The number of nitrogens with zero attached hydrogens (tertiary/aromatic N) is 2. The quantitative estimate of drug-likeness (QED) is 0.435. The summed E-state index contributed by atoms with van der Waals surface area (Å²) in [6.45, 7) is 4.91. The van der Waals surface area contributed by atoms with Crippen LogP contribution in [0.25, 0.3) is 0 Å². The molecule has 0 unspecified atom stereocenters. The van der Waals surface area contributed by atoms with Crippen LogP contribution < -0.4 is 14.2 Å². The predicted molar refractivity (Wildman–Crippen MR) is 122 cm³/mol. The maximum atomic E-state index is 13.2. The second-order valence-electron chi connectivity index (χ2n) is 7.09. The molecule has 0 fully saturated rings. The van der Waals surface area contributed by atoms with Crippen molar-refractivity contribution in [3.63, 3.8) is 0 Å². The highest BCUT2D eigenvalue weighted by molar-refractivity contribution is 7.09. The van der Waals surface area contributed by atoms with Crippen molar-refractivity contribution in [3.05, 3.63) is 70.2 Å². The predicted octanol–water partition coefficient (Wildman–Crippen LogP) is 5.18. The normalized spacial score (nSPS) is 11.6. The first-order chi connectivity index (χ1) is 15.0. The molecule has 3 rings (SSSR count). The molecule has 0 saturated carbocycles. The maximum absolute atomic E-state index is 13.2. The molecule has 0 saturated heterocycles. The molecule has 1 heterocycles. The number of carbonyl (C=O) groups is 1. The fourth-order valence-corrected chi connectivity index (χ4v) is 3.81. The Hall–Kier alpha value is -3.06. The first kappa shape index (κ1) is 22.6. The van der Waals surface area contributed by atoms with E-state index in [1.165, 1.54) is 11.3 Å². The Morgan fingerprint density at radius 3 is 2.58 bits per heavy atom. The Labute approximate surface area is 187 Å². The van der Waals surface area contributed by atoms with Crippen LogP contribution in [-0.4, -0.2) is 36.1 Å². The lowest BCUT2D eigenvalue weighted by Gasteiger charge is -2.28. The first-order valence-corrected chi connectivity index (χ1v) is 11.1. The molecule has 0 aliphatic carbocycles. The summed E-state index contributed by atoms with van der Waals surface area (Å²) in [7, 11) is 3.21. The van der Waals surface area contributed by atoms with Gasteiger partial charge in [-0.2, -0.15) is 0 Å². The van der Waals surface area contributed by atoms with Crippen molar-refractivity contribution in [1.29, 1.82) is 0 Å². The van der Waals surface area contributed by atoms with E-state index in [2.05, 4.69) is 18.8 Å². The maximum Gasteiger partial charge on any atom is 0.254 e.